The highest BCUT2D eigenvalue weighted by atomic mass is 32.1. The number of hydrogen-bond acceptors (Lipinski definition) is 3. The molecule has 3 N–H and O–H groups in total. The molecule has 0 radical (unpaired) electrons. The maximum Gasteiger partial charge on any atom is 0.147 e. The van der Waals surface area contributed by atoms with Crippen LogP contribution in [0.1, 0.15) is 31.2 Å². The van der Waals surface area contributed by atoms with Crippen LogP contribution in [0.15, 0.2) is 18.2 Å². The van der Waals surface area contributed by atoms with Gasteiger partial charge in [-0.05, 0) is 31.0 Å². The number of nitrogens with zero attached hydrogens (tertiary/aromatic N) is 1. The van der Waals surface area contributed by atoms with Crippen LogP contribution < -0.4 is 10.6 Å². The molecule has 1 saturated carbocycles. The van der Waals surface area contributed by atoms with Crippen molar-refractivity contribution in [1.82, 2.24) is 0 Å². The van der Waals surface area contributed by atoms with Crippen molar-refractivity contribution in [2.24, 2.45) is 5.73 Å². The van der Waals surface area contributed by atoms with Gasteiger partial charge in [-0.25, -0.2) is 4.39 Å². The number of halogens is 1. The van der Waals surface area contributed by atoms with Gasteiger partial charge in [-0.3, -0.25) is 0 Å². The molecule has 3 nitrogen and oxygen atoms in total. The van der Waals surface area contributed by atoms with Gasteiger partial charge in [-0.2, -0.15) is 0 Å². The van der Waals surface area contributed by atoms with Gasteiger partial charge >= 0.3 is 0 Å². The van der Waals surface area contributed by atoms with E-state index in [4.69, 9.17) is 18.0 Å². The third-order valence-corrected chi connectivity index (χ3v) is 3.88. The van der Waals surface area contributed by atoms with E-state index in [9.17, 15) is 9.50 Å². The quantitative estimate of drug-likeness (QED) is 0.813. The highest BCUT2D eigenvalue weighted by Crippen LogP contribution is 2.30. The molecule has 1 aromatic carbocycles. The number of benzene rings is 1. The predicted molar refractivity (Wildman–Crippen MR) is 79.0 cm³/mol. The number of thiocarbonyl (C=S) groups is 1. The van der Waals surface area contributed by atoms with Crippen LogP contribution in [0.4, 0.5) is 10.1 Å². The Hall–Kier alpha value is -1.20. The molecule has 1 aliphatic carbocycles. The summed E-state index contributed by atoms with van der Waals surface area (Å²) in [5.41, 5.74) is 6.56. The predicted octanol–water partition coefficient (Wildman–Crippen LogP) is 2.20. The molecule has 0 amide bonds. The zero-order valence-electron chi connectivity index (χ0n) is 10.8. The lowest BCUT2D eigenvalue weighted by Crippen LogP contribution is -2.36. The van der Waals surface area contributed by atoms with Crippen molar-refractivity contribution in [2.45, 2.75) is 31.7 Å². The van der Waals surface area contributed by atoms with Gasteiger partial charge in [0.1, 0.15) is 10.8 Å². The van der Waals surface area contributed by atoms with Crippen LogP contribution in [0.2, 0.25) is 0 Å². The van der Waals surface area contributed by atoms with Gasteiger partial charge < -0.3 is 15.7 Å². The minimum Gasteiger partial charge on any atom is -0.395 e. The Morgan fingerprint density at radius 2 is 2.11 bits per heavy atom. The van der Waals surface area contributed by atoms with Crippen LogP contribution in [-0.4, -0.2) is 29.3 Å². The van der Waals surface area contributed by atoms with Crippen LogP contribution in [0.5, 0.6) is 0 Å². The summed E-state index contributed by atoms with van der Waals surface area (Å²) in [5, 5.41) is 9.19. The third-order valence-electron chi connectivity index (χ3n) is 3.65. The Bertz CT molecular complexity index is 461. The molecule has 0 bridgehead atoms. The smallest absolute Gasteiger partial charge is 0.147 e. The average molecular weight is 282 g/mol. The topological polar surface area (TPSA) is 49.5 Å². The average Bonchev–Trinajstić information content (AvgIpc) is 2.90. The molecule has 0 saturated heterocycles. The van der Waals surface area contributed by atoms with Gasteiger partial charge in [-0.1, -0.05) is 25.1 Å². The summed E-state index contributed by atoms with van der Waals surface area (Å²) >= 11 is 4.85. The van der Waals surface area contributed by atoms with Crippen molar-refractivity contribution in [3.63, 3.8) is 0 Å². The van der Waals surface area contributed by atoms with Gasteiger partial charge in [0.05, 0.1) is 12.3 Å². The van der Waals surface area contributed by atoms with Crippen LogP contribution in [-0.2, 0) is 0 Å². The molecule has 0 unspecified atom stereocenters. The lowest BCUT2D eigenvalue weighted by Gasteiger charge is -2.31. The van der Waals surface area contributed by atoms with Crippen molar-refractivity contribution in [1.29, 1.82) is 0 Å². The zero-order chi connectivity index (χ0) is 13.8. The summed E-state index contributed by atoms with van der Waals surface area (Å²) in [7, 11) is 0. The Morgan fingerprint density at radius 3 is 2.63 bits per heavy atom. The molecule has 1 aromatic rings. The first kappa shape index (κ1) is 14.2. The summed E-state index contributed by atoms with van der Waals surface area (Å²) in [5.74, 6) is -0.328. The number of aliphatic hydroxyl groups is 1. The molecule has 19 heavy (non-hydrogen) atoms. The molecule has 5 heteroatoms. The second-order valence-corrected chi connectivity index (χ2v) is 5.33. The first-order valence-corrected chi connectivity index (χ1v) is 7.01. The van der Waals surface area contributed by atoms with Gasteiger partial charge in [0.15, 0.2) is 0 Å². The Balaban J connectivity index is 2.28. The summed E-state index contributed by atoms with van der Waals surface area (Å²) in [4.78, 5) is 2.16. The molecule has 0 aromatic heterocycles. The number of aliphatic hydroxyl groups excluding tert-OH is 1. The van der Waals surface area contributed by atoms with Gasteiger partial charge in [0.25, 0.3) is 0 Å². The molecular formula is C14H19FN2OS. The molecule has 104 valence electrons. The zero-order valence-corrected chi connectivity index (χ0v) is 11.6. The Kier molecular flexibility index (Phi) is 4.71. The second kappa shape index (κ2) is 6.30. The van der Waals surface area contributed by atoms with E-state index in [0.717, 1.165) is 12.8 Å². The van der Waals surface area contributed by atoms with Crippen LogP contribution in [0, 0.1) is 5.82 Å². The highest BCUT2D eigenvalue weighted by molar-refractivity contribution is 7.80. The molecule has 1 fully saturated rings. The number of nitrogens with two attached hydrogens (primary N) is 1. The monoisotopic (exact) mass is 282 g/mol. The SMILES string of the molecule is NC(=S)c1ccc(N(CCO)C2CCCC2)c(F)c1. The summed E-state index contributed by atoms with van der Waals surface area (Å²) in [6, 6.07) is 5.13. The minimum atomic E-state index is -0.328. The number of hydrogen-bond donors (Lipinski definition) is 2. The molecule has 0 atom stereocenters. The third kappa shape index (κ3) is 3.22. The first-order valence-electron chi connectivity index (χ1n) is 6.60. The van der Waals surface area contributed by atoms with Gasteiger partial charge in [0.2, 0.25) is 0 Å². The fourth-order valence-corrected chi connectivity index (χ4v) is 2.84. The van der Waals surface area contributed by atoms with E-state index >= 15 is 0 Å². The van der Waals surface area contributed by atoms with Gasteiger partial charge in [-0.15, -0.1) is 0 Å². The van der Waals surface area contributed by atoms with Crippen molar-refractivity contribution >= 4 is 22.9 Å². The maximum atomic E-state index is 14.2. The molecule has 0 aliphatic heterocycles. The highest BCUT2D eigenvalue weighted by Gasteiger charge is 2.24. The lowest BCUT2D eigenvalue weighted by atomic mass is 10.1. The van der Waals surface area contributed by atoms with Crippen LogP contribution in [0.25, 0.3) is 0 Å². The first-order chi connectivity index (χ1) is 9.13. The fourth-order valence-electron chi connectivity index (χ4n) is 2.72. The molecule has 1 aliphatic rings. The van der Waals surface area contributed by atoms with Crippen LogP contribution >= 0.6 is 12.2 Å². The number of rotatable bonds is 5. The van der Waals surface area contributed by atoms with E-state index in [2.05, 4.69) is 0 Å². The molecule has 2 rings (SSSR count). The fraction of sp³-hybridized carbons (Fsp3) is 0.500. The van der Waals surface area contributed by atoms with Crippen molar-refractivity contribution in [3.8, 4) is 0 Å². The Labute approximate surface area is 118 Å². The van der Waals surface area contributed by atoms with Crippen molar-refractivity contribution in [3.05, 3.63) is 29.6 Å². The van der Waals surface area contributed by atoms with E-state index in [0.29, 0.717) is 23.8 Å². The normalized spacial score (nSPS) is 15.7. The maximum absolute atomic E-state index is 14.2. The van der Waals surface area contributed by atoms with Gasteiger partial charge in [0, 0.05) is 18.2 Å². The van der Waals surface area contributed by atoms with Crippen molar-refractivity contribution in [2.75, 3.05) is 18.1 Å². The standard InChI is InChI=1S/C14H19FN2OS/c15-12-9-10(14(16)19)5-6-13(12)17(7-8-18)11-3-1-2-4-11/h5-6,9,11,18H,1-4,7-8H2,(H2,16,19). The number of anilines is 1. The molecular weight excluding hydrogens is 263 g/mol. The molecule has 0 heterocycles. The Morgan fingerprint density at radius 1 is 1.42 bits per heavy atom. The van der Waals surface area contributed by atoms with E-state index < -0.39 is 0 Å². The lowest BCUT2D eigenvalue weighted by molar-refractivity contribution is 0.296. The van der Waals surface area contributed by atoms with Crippen molar-refractivity contribution < 1.29 is 9.50 Å². The summed E-state index contributed by atoms with van der Waals surface area (Å²) < 4.78 is 14.2. The summed E-state index contributed by atoms with van der Waals surface area (Å²) in [6.07, 6.45) is 4.44. The van der Waals surface area contributed by atoms with E-state index in [1.165, 1.54) is 18.9 Å². The van der Waals surface area contributed by atoms with E-state index in [1.54, 1.807) is 12.1 Å². The second-order valence-electron chi connectivity index (χ2n) is 4.89. The summed E-state index contributed by atoms with van der Waals surface area (Å²) in [6.45, 7) is 0.473. The van der Waals surface area contributed by atoms with E-state index in [1.807, 2.05) is 4.90 Å². The largest absolute Gasteiger partial charge is 0.395 e. The van der Waals surface area contributed by atoms with Crippen LogP contribution in [0.3, 0.4) is 0 Å². The minimum absolute atomic E-state index is 0.0208. The molecule has 0 spiro atoms. The van der Waals surface area contributed by atoms with E-state index in [-0.39, 0.29) is 17.4 Å².